The molecule has 1 fully saturated rings. The molecular formula is C21H30N4O3S. The molecule has 3 rings (SSSR count). The average Bonchev–Trinajstić information content (AvgIpc) is 2.97. The fraction of sp³-hybridized carbons (Fsp3) is 0.524. The number of sulfonamides is 1. The summed E-state index contributed by atoms with van der Waals surface area (Å²) in [4.78, 5) is 12.7. The highest BCUT2D eigenvalue weighted by molar-refractivity contribution is 7.89. The van der Waals surface area contributed by atoms with Gasteiger partial charge in [-0.1, -0.05) is 24.1 Å². The first-order valence-electron chi connectivity index (χ1n) is 10.1. The number of rotatable bonds is 6. The second-order valence-corrected chi connectivity index (χ2v) is 9.68. The van der Waals surface area contributed by atoms with Gasteiger partial charge in [-0.25, -0.2) is 8.42 Å². The first kappa shape index (κ1) is 21.5. The van der Waals surface area contributed by atoms with Crippen LogP contribution in [0.3, 0.4) is 0 Å². The first-order chi connectivity index (χ1) is 13.7. The molecule has 1 aromatic heterocycles. The largest absolute Gasteiger partial charge is 0.326 e. The number of hydrogen-bond donors (Lipinski definition) is 1. The molecule has 8 heteroatoms. The minimum absolute atomic E-state index is 0.120. The maximum atomic E-state index is 13.1. The van der Waals surface area contributed by atoms with Crippen LogP contribution in [-0.2, 0) is 21.4 Å². The van der Waals surface area contributed by atoms with Gasteiger partial charge in [-0.05, 0) is 52.2 Å². The van der Waals surface area contributed by atoms with E-state index in [2.05, 4.69) is 10.4 Å². The molecule has 0 radical (unpaired) electrons. The highest BCUT2D eigenvalue weighted by Crippen LogP contribution is 2.26. The van der Waals surface area contributed by atoms with Crippen molar-refractivity contribution in [2.75, 3.05) is 18.4 Å². The molecule has 29 heavy (non-hydrogen) atoms. The Morgan fingerprint density at radius 1 is 1.10 bits per heavy atom. The molecule has 2 aromatic rings. The molecule has 0 aliphatic carbocycles. The van der Waals surface area contributed by atoms with Crippen LogP contribution >= 0.6 is 0 Å². The van der Waals surface area contributed by atoms with Crippen molar-refractivity contribution in [2.24, 2.45) is 0 Å². The standard InChI is InChI=1S/C21H30N4O3S/c1-15-8-9-19(16(2)14-15)22-20(26)10-13-25-18(4)21(17(3)23-25)29(27,28)24-11-6-5-7-12-24/h8-9,14H,5-7,10-13H2,1-4H3,(H,22,26). The molecule has 1 aliphatic rings. The predicted octanol–water partition coefficient (Wildman–Crippen LogP) is 3.32. The highest BCUT2D eigenvalue weighted by atomic mass is 32.2. The lowest BCUT2D eigenvalue weighted by Crippen LogP contribution is -2.36. The van der Waals surface area contributed by atoms with E-state index in [9.17, 15) is 13.2 Å². The van der Waals surface area contributed by atoms with Gasteiger partial charge in [-0.2, -0.15) is 9.40 Å². The molecule has 1 saturated heterocycles. The van der Waals surface area contributed by atoms with E-state index in [0.717, 1.165) is 36.1 Å². The molecule has 1 aromatic carbocycles. The summed E-state index contributed by atoms with van der Waals surface area (Å²) in [5.74, 6) is -0.120. The molecule has 1 N–H and O–H groups in total. The molecule has 1 amide bonds. The zero-order valence-electron chi connectivity index (χ0n) is 17.7. The maximum absolute atomic E-state index is 13.1. The summed E-state index contributed by atoms with van der Waals surface area (Å²) >= 11 is 0. The van der Waals surface area contributed by atoms with Crippen LogP contribution in [0.1, 0.15) is 48.2 Å². The number of aryl methyl sites for hydroxylation is 4. The molecule has 0 bridgehead atoms. The van der Waals surface area contributed by atoms with E-state index in [4.69, 9.17) is 0 Å². The quantitative estimate of drug-likeness (QED) is 0.780. The topological polar surface area (TPSA) is 84.3 Å². The van der Waals surface area contributed by atoms with Gasteiger partial charge in [0, 0.05) is 25.2 Å². The molecule has 0 atom stereocenters. The Bertz CT molecular complexity index is 1010. The van der Waals surface area contributed by atoms with Crippen molar-refractivity contribution >= 4 is 21.6 Å². The van der Waals surface area contributed by atoms with E-state index < -0.39 is 10.0 Å². The van der Waals surface area contributed by atoms with Crippen LogP contribution in [-0.4, -0.2) is 41.5 Å². The summed E-state index contributed by atoms with van der Waals surface area (Å²) in [6.07, 6.45) is 3.07. The Kier molecular flexibility index (Phi) is 6.43. The van der Waals surface area contributed by atoms with E-state index in [0.29, 0.717) is 31.0 Å². The van der Waals surface area contributed by atoms with E-state index >= 15 is 0 Å². The molecule has 1 aliphatic heterocycles. The highest BCUT2D eigenvalue weighted by Gasteiger charge is 2.31. The number of piperidine rings is 1. The summed E-state index contributed by atoms with van der Waals surface area (Å²) in [6, 6.07) is 5.88. The number of carbonyl (C=O) groups excluding carboxylic acids is 1. The van der Waals surface area contributed by atoms with Crippen LogP contribution in [0.15, 0.2) is 23.1 Å². The van der Waals surface area contributed by atoms with Gasteiger partial charge in [0.15, 0.2) is 0 Å². The van der Waals surface area contributed by atoms with Crippen molar-refractivity contribution in [3.8, 4) is 0 Å². The zero-order chi connectivity index (χ0) is 21.2. The molecule has 2 heterocycles. The second-order valence-electron chi connectivity index (χ2n) is 7.80. The molecule has 7 nitrogen and oxygen atoms in total. The summed E-state index contributed by atoms with van der Waals surface area (Å²) < 4.78 is 29.4. The third-order valence-electron chi connectivity index (χ3n) is 5.43. The minimum atomic E-state index is -3.55. The van der Waals surface area contributed by atoms with Crippen LogP contribution in [0.25, 0.3) is 0 Å². The summed E-state index contributed by atoms with van der Waals surface area (Å²) in [5, 5.41) is 7.33. The smallest absolute Gasteiger partial charge is 0.246 e. The molecular weight excluding hydrogens is 388 g/mol. The molecule has 0 spiro atoms. The monoisotopic (exact) mass is 418 g/mol. The fourth-order valence-corrected chi connectivity index (χ4v) is 5.77. The first-order valence-corrected chi connectivity index (χ1v) is 11.6. The number of nitrogens with one attached hydrogen (secondary N) is 1. The van der Waals surface area contributed by atoms with E-state index in [1.165, 1.54) is 0 Å². The summed E-state index contributed by atoms with van der Waals surface area (Å²) in [6.45, 7) is 8.90. The number of benzene rings is 1. The van der Waals surface area contributed by atoms with Crippen LogP contribution in [0, 0.1) is 27.7 Å². The van der Waals surface area contributed by atoms with Crippen LogP contribution in [0.2, 0.25) is 0 Å². The third kappa shape index (κ3) is 4.70. The van der Waals surface area contributed by atoms with Gasteiger partial charge in [0.25, 0.3) is 0 Å². The predicted molar refractivity (Wildman–Crippen MR) is 113 cm³/mol. The SMILES string of the molecule is Cc1ccc(NC(=O)CCn2nc(C)c(S(=O)(=O)N3CCCCC3)c2C)c(C)c1. The van der Waals surface area contributed by atoms with Gasteiger partial charge < -0.3 is 5.32 Å². The number of hydrogen-bond acceptors (Lipinski definition) is 4. The summed E-state index contributed by atoms with van der Waals surface area (Å²) in [5.41, 5.74) is 4.03. The van der Waals surface area contributed by atoms with Gasteiger partial charge in [0.05, 0.1) is 17.9 Å². The second kappa shape index (κ2) is 8.67. The molecule has 0 saturated carbocycles. The number of aromatic nitrogens is 2. The average molecular weight is 419 g/mol. The normalized spacial score (nSPS) is 15.4. The molecule has 0 unspecified atom stereocenters. The van der Waals surface area contributed by atoms with Gasteiger partial charge in [0.1, 0.15) is 4.90 Å². The van der Waals surface area contributed by atoms with E-state index in [1.54, 1.807) is 22.8 Å². The van der Waals surface area contributed by atoms with Crippen LogP contribution < -0.4 is 5.32 Å². The Hall–Kier alpha value is -2.19. The van der Waals surface area contributed by atoms with E-state index in [1.807, 2.05) is 32.0 Å². The lowest BCUT2D eigenvalue weighted by Gasteiger charge is -2.26. The van der Waals surface area contributed by atoms with Gasteiger partial charge in [-0.3, -0.25) is 9.48 Å². The maximum Gasteiger partial charge on any atom is 0.246 e. The summed E-state index contributed by atoms with van der Waals surface area (Å²) in [7, 11) is -3.55. The number of nitrogens with zero attached hydrogens (tertiary/aromatic N) is 3. The Labute approximate surface area is 173 Å². The van der Waals surface area contributed by atoms with Gasteiger partial charge in [-0.15, -0.1) is 0 Å². The fourth-order valence-electron chi connectivity index (χ4n) is 3.88. The van der Waals surface area contributed by atoms with Crippen molar-refractivity contribution < 1.29 is 13.2 Å². The van der Waals surface area contributed by atoms with Crippen molar-refractivity contribution in [3.63, 3.8) is 0 Å². The Morgan fingerprint density at radius 2 is 1.79 bits per heavy atom. The van der Waals surface area contributed by atoms with E-state index in [-0.39, 0.29) is 17.2 Å². The lowest BCUT2D eigenvalue weighted by molar-refractivity contribution is -0.116. The van der Waals surface area contributed by atoms with Crippen molar-refractivity contribution in [3.05, 3.63) is 40.7 Å². The minimum Gasteiger partial charge on any atom is -0.326 e. The molecule has 158 valence electrons. The zero-order valence-corrected chi connectivity index (χ0v) is 18.5. The Balaban J connectivity index is 1.70. The van der Waals surface area contributed by atoms with Crippen LogP contribution in [0.5, 0.6) is 0 Å². The number of carbonyl (C=O) groups is 1. The third-order valence-corrected chi connectivity index (χ3v) is 7.59. The van der Waals surface area contributed by atoms with Gasteiger partial charge in [0.2, 0.25) is 15.9 Å². The van der Waals surface area contributed by atoms with Crippen molar-refractivity contribution in [1.82, 2.24) is 14.1 Å². The van der Waals surface area contributed by atoms with Crippen molar-refractivity contribution in [2.45, 2.75) is 64.8 Å². The Morgan fingerprint density at radius 3 is 2.45 bits per heavy atom. The number of anilines is 1. The number of amides is 1. The van der Waals surface area contributed by atoms with Crippen LogP contribution in [0.4, 0.5) is 5.69 Å². The van der Waals surface area contributed by atoms with Crippen molar-refractivity contribution in [1.29, 1.82) is 0 Å². The van der Waals surface area contributed by atoms with Gasteiger partial charge >= 0.3 is 0 Å². The lowest BCUT2D eigenvalue weighted by atomic mass is 10.1.